The predicted molar refractivity (Wildman–Crippen MR) is 77.1 cm³/mol. The fourth-order valence-corrected chi connectivity index (χ4v) is 3.11. The maximum atomic E-state index is 11.9. The van der Waals surface area contributed by atoms with Gasteiger partial charge in [0.15, 0.2) is 5.78 Å². The van der Waals surface area contributed by atoms with Crippen molar-refractivity contribution in [1.82, 2.24) is 0 Å². The molecule has 0 saturated carbocycles. The summed E-state index contributed by atoms with van der Waals surface area (Å²) in [6.45, 7) is 0.853. The molecule has 0 spiro atoms. The summed E-state index contributed by atoms with van der Waals surface area (Å²) < 4.78 is 5.50. The molecular formula is C13H14Cl2O2S. The van der Waals surface area contributed by atoms with E-state index in [4.69, 9.17) is 27.9 Å². The van der Waals surface area contributed by atoms with Crippen molar-refractivity contribution in [3.63, 3.8) is 0 Å². The second kappa shape index (κ2) is 6.80. The van der Waals surface area contributed by atoms with Crippen LogP contribution in [0.15, 0.2) is 18.2 Å². The number of halogens is 2. The Hall–Kier alpha value is -0.220. The van der Waals surface area contributed by atoms with Gasteiger partial charge >= 0.3 is 0 Å². The highest BCUT2D eigenvalue weighted by Crippen LogP contribution is 2.24. The van der Waals surface area contributed by atoms with Gasteiger partial charge < -0.3 is 4.74 Å². The molecule has 5 heteroatoms. The maximum Gasteiger partial charge on any atom is 0.172 e. The van der Waals surface area contributed by atoms with E-state index in [-0.39, 0.29) is 5.78 Å². The first-order valence-corrected chi connectivity index (χ1v) is 7.75. The standard InChI is InChI=1S/C13H14Cl2O2S/c14-11-4-3-9(6-12(11)15)13(16)8-18-7-10-2-1-5-17-10/h3-4,6,10H,1-2,5,7-8H2. The van der Waals surface area contributed by atoms with Crippen molar-refractivity contribution >= 4 is 40.7 Å². The Kier molecular flexibility index (Phi) is 5.37. The number of ether oxygens (including phenoxy) is 1. The number of benzene rings is 1. The number of carbonyl (C=O) groups excluding carboxylic acids is 1. The summed E-state index contributed by atoms with van der Waals surface area (Å²) in [4.78, 5) is 11.9. The molecular weight excluding hydrogens is 291 g/mol. The minimum atomic E-state index is 0.0802. The van der Waals surface area contributed by atoms with E-state index in [9.17, 15) is 4.79 Å². The Morgan fingerprint density at radius 2 is 2.22 bits per heavy atom. The molecule has 1 atom stereocenters. The van der Waals surface area contributed by atoms with E-state index in [0.29, 0.717) is 27.5 Å². The fourth-order valence-electron chi connectivity index (χ4n) is 1.81. The Bertz CT molecular complexity index is 431. The number of ketones is 1. The number of thioether (sulfide) groups is 1. The zero-order valence-corrected chi connectivity index (χ0v) is 12.2. The quantitative estimate of drug-likeness (QED) is 0.767. The molecule has 98 valence electrons. The topological polar surface area (TPSA) is 26.3 Å². The predicted octanol–water partition coefficient (Wildman–Crippen LogP) is 4.09. The van der Waals surface area contributed by atoms with E-state index < -0.39 is 0 Å². The summed E-state index contributed by atoms with van der Waals surface area (Å²) in [7, 11) is 0. The van der Waals surface area contributed by atoms with E-state index in [1.54, 1.807) is 30.0 Å². The molecule has 1 heterocycles. The smallest absolute Gasteiger partial charge is 0.172 e. The van der Waals surface area contributed by atoms with Crippen LogP contribution in [0, 0.1) is 0 Å². The van der Waals surface area contributed by atoms with Gasteiger partial charge in [0.1, 0.15) is 0 Å². The van der Waals surface area contributed by atoms with Crippen molar-refractivity contribution in [2.75, 3.05) is 18.1 Å². The average Bonchev–Trinajstić information content (AvgIpc) is 2.85. The maximum absolute atomic E-state index is 11.9. The lowest BCUT2D eigenvalue weighted by atomic mass is 10.1. The molecule has 1 aromatic rings. The third-order valence-corrected chi connectivity index (χ3v) is 4.62. The first-order chi connectivity index (χ1) is 8.66. The van der Waals surface area contributed by atoms with Crippen molar-refractivity contribution in [1.29, 1.82) is 0 Å². The molecule has 0 amide bonds. The summed E-state index contributed by atoms with van der Waals surface area (Å²) in [5.41, 5.74) is 0.615. The number of hydrogen-bond donors (Lipinski definition) is 0. The summed E-state index contributed by atoms with van der Waals surface area (Å²) in [6.07, 6.45) is 2.55. The summed E-state index contributed by atoms with van der Waals surface area (Å²) in [6, 6.07) is 4.99. The van der Waals surface area contributed by atoms with Crippen LogP contribution in [0.2, 0.25) is 10.0 Å². The molecule has 1 unspecified atom stereocenters. The van der Waals surface area contributed by atoms with Gasteiger partial charge in [0.25, 0.3) is 0 Å². The SMILES string of the molecule is O=C(CSCC1CCCO1)c1ccc(Cl)c(Cl)c1. The molecule has 18 heavy (non-hydrogen) atoms. The monoisotopic (exact) mass is 304 g/mol. The number of rotatable bonds is 5. The molecule has 1 fully saturated rings. The molecule has 1 aliphatic heterocycles. The van der Waals surface area contributed by atoms with Gasteiger partial charge in [-0.25, -0.2) is 0 Å². The Labute approximate surface area is 121 Å². The van der Waals surface area contributed by atoms with Crippen LogP contribution < -0.4 is 0 Å². The van der Waals surface area contributed by atoms with Crippen LogP contribution in [0.25, 0.3) is 0 Å². The van der Waals surface area contributed by atoms with Crippen molar-refractivity contribution in [2.24, 2.45) is 0 Å². The molecule has 1 aliphatic rings. The Morgan fingerprint density at radius 3 is 2.89 bits per heavy atom. The fraction of sp³-hybridized carbons (Fsp3) is 0.462. The van der Waals surface area contributed by atoms with Crippen LogP contribution >= 0.6 is 35.0 Å². The number of hydrogen-bond acceptors (Lipinski definition) is 3. The van der Waals surface area contributed by atoms with Crippen molar-refractivity contribution in [2.45, 2.75) is 18.9 Å². The van der Waals surface area contributed by atoms with Crippen LogP contribution in [-0.4, -0.2) is 30.0 Å². The van der Waals surface area contributed by atoms with Crippen molar-refractivity contribution in [3.05, 3.63) is 33.8 Å². The molecule has 0 aromatic heterocycles. The van der Waals surface area contributed by atoms with E-state index in [1.165, 1.54) is 0 Å². The second-order valence-corrected chi connectivity index (χ2v) is 6.05. The van der Waals surface area contributed by atoms with Crippen LogP contribution in [0.1, 0.15) is 23.2 Å². The minimum absolute atomic E-state index is 0.0802. The molecule has 1 aromatic carbocycles. The van der Waals surface area contributed by atoms with E-state index in [1.807, 2.05) is 0 Å². The van der Waals surface area contributed by atoms with Gasteiger partial charge in [-0.05, 0) is 31.0 Å². The Morgan fingerprint density at radius 1 is 1.39 bits per heavy atom. The average molecular weight is 305 g/mol. The normalized spacial score (nSPS) is 19.1. The highest BCUT2D eigenvalue weighted by Gasteiger charge is 2.16. The molecule has 2 nitrogen and oxygen atoms in total. The van der Waals surface area contributed by atoms with E-state index in [0.717, 1.165) is 25.2 Å². The van der Waals surface area contributed by atoms with Crippen LogP contribution in [0.3, 0.4) is 0 Å². The largest absolute Gasteiger partial charge is 0.377 e. The van der Waals surface area contributed by atoms with Crippen LogP contribution in [0.5, 0.6) is 0 Å². The first-order valence-electron chi connectivity index (χ1n) is 5.84. The zero-order chi connectivity index (χ0) is 13.0. The van der Waals surface area contributed by atoms with E-state index in [2.05, 4.69) is 0 Å². The minimum Gasteiger partial charge on any atom is -0.377 e. The summed E-state index contributed by atoms with van der Waals surface area (Å²) in [5.74, 6) is 1.42. The lowest BCUT2D eigenvalue weighted by Gasteiger charge is -2.08. The second-order valence-electron chi connectivity index (χ2n) is 4.20. The van der Waals surface area contributed by atoms with Crippen LogP contribution in [0.4, 0.5) is 0 Å². The van der Waals surface area contributed by atoms with Gasteiger partial charge in [-0.1, -0.05) is 23.2 Å². The van der Waals surface area contributed by atoms with Crippen molar-refractivity contribution in [3.8, 4) is 0 Å². The van der Waals surface area contributed by atoms with Gasteiger partial charge in [0.05, 0.1) is 21.9 Å². The molecule has 0 bridgehead atoms. The third kappa shape index (κ3) is 3.89. The van der Waals surface area contributed by atoms with Crippen LogP contribution in [-0.2, 0) is 4.74 Å². The third-order valence-electron chi connectivity index (χ3n) is 2.80. The van der Waals surface area contributed by atoms with Crippen molar-refractivity contribution < 1.29 is 9.53 Å². The first kappa shape index (κ1) is 14.2. The summed E-state index contributed by atoms with van der Waals surface area (Å²) in [5, 5.41) is 0.895. The highest BCUT2D eigenvalue weighted by molar-refractivity contribution is 8.00. The molecule has 0 aliphatic carbocycles. The molecule has 1 saturated heterocycles. The van der Waals surface area contributed by atoms with Gasteiger partial charge in [0.2, 0.25) is 0 Å². The van der Waals surface area contributed by atoms with Gasteiger partial charge in [0, 0.05) is 17.9 Å². The zero-order valence-electron chi connectivity index (χ0n) is 9.83. The van der Waals surface area contributed by atoms with E-state index >= 15 is 0 Å². The number of carbonyl (C=O) groups is 1. The Balaban J connectivity index is 1.81. The number of Topliss-reactive ketones (excluding diaryl/α,β-unsaturated/α-hetero) is 1. The van der Waals surface area contributed by atoms with Gasteiger partial charge in [-0.3, -0.25) is 4.79 Å². The molecule has 2 rings (SSSR count). The van der Waals surface area contributed by atoms with Gasteiger partial charge in [-0.15, -0.1) is 0 Å². The lowest BCUT2D eigenvalue weighted by molar-refractivity contribution is 0.102. The van der Waals surface area contributed by atoms with Gasteiger partial charge in [-0.2, -0.15) is 11.8 Å². The lowest BCUT2D eigenvalue weighted by Crippen LogP contribution is -2.11. The highest BCUT2D eigenvalue weighted by atomic mass is 35.5. The summed E-state index contributed by atoms with van der Waals surface area (Å²) >= 11 is 13.3. The molecule has 0 radical (unpaired) electrons. The molecule has 0 N–H and O–H groups in total.